The Hall–Kier alpha value is -1.79. The lowest BCUT2D eigenvalue weighted by molar-refractivity contribution is 0.0291. The van der Waals surface area contributed by atoms with Gasteiger partial charge in [0.15, 0.2) is 0 Å². The van der Waals surface area contributed by atoms with E-state index in [1.54, 1.807) is 0 Å². The SMILES string of the molecule is OC(CN(CCN1CCOCC1)Cc1ccc(F)cc1)c1ccccc1. The van der Waals surface area contributed by atoms with Crippen molar-refractivity contribution in [2.45, 2.75) is 12.6 Å². The van der Waals surface area contributed by atoms with Crippen molar-refractivity contribution in [1.29, 1.82) is 0 Å². The van der Waals surface area contributed by atoms with Gasteiger partial charge in [-0.3, -0.25) is 9.80 Å². The molecule has 1 unspecified atom stereocenters. The Kier molecular flexibility index (Phi) is 7.14. The molecule has 2 aromatic carbocycles. The van der Waals surface area contributed by atoms with Crippen molar-refractivity contribution in [3.05, 3.63) is 71.5 Å². The number of halogens is 1. The van der Waals surface area contributed by atoms with Gasteiger partial charge < -0.3 is 9.84 Å². The van der Waals surface area contributed by atoms with E-state index >= 15 is 0 Å². The molecule has 2 aromatic rings. The molecule has 0 bridgehead atoms. The maximum absolute atomic E-state index is 13.2. The summed E-state index contributed by atoms with van der Waals surface area (Å²) in [5.41, 5.74) is 1.97. The Morgan fingerprint density at radius 2 is 1.73 bits per heavy atom. The van der Waals surface area contributed by atoms with Crippen LogP contribution in [0.3, 0.4) is 0 Å². The largest absolute Gasteiger partial charge is 0.387 e. The van der Waals surface area contributed by atoms with Crippen LogP contribution >= 0.6 is 0 Å². The fraction of sp³-hybridized carbons (Fsp3) is 0.429. The first-order chi connectivity index (χ1) is 12.7. The lowest BCUT2D eigenvalue weighted by Gasteiger charge is -2.31. The molecule has 1 N–H and O–H groups in total. The van der Waals surface area contributed by atoms with Crippen LogP contribution in [-0.4, -0.2) is 60.8 Å². The number of hydrogen-bond donors (Lipinski definition) is 1. The third-order valence-electron chi connectivity index (χ3n) is 4.77. The first kappa shape index (κ1) is 19.0. The fourth-order valence-corrected chi connectivity index (χ4v) is 3.22. The van der Waals surface area contributed by atoms with Gasteiger partial charge in [0.05, 0.1) is 19.3 Å². The maximum Gasteiger partial charge on any atom is 0.123 e. The van der Waals surface area contributed by atoms with Crippen LogP contribution in [0.5, 0.6) is 0 Å². The Morgan fingerprint density at radius 1 is 1.04 bits per heavy atom. The Bertz CT molecular complexity index is 645. The number of benzene rings is 2. The molecule has 4 nitrogen and oxygen atoms in total. The summed E-state index contributed by atoms with van der Waals surface area (Å²) in [5, 5.41) is 10.6. The number of ether oxygens (including phenoxy) is 1. The molecule has 0 radical (unpaired) electrons. The molecule has 26 heavy (non-hydrogen) atoms. The molecular formula is C21H27FN2O2. The lowest BCUT2D eigenvalue weighted by Crippen LogP contribution is -2.42. The second-order valence-corrected chi connectivity index (χ2v) is 6.74. The zero-order valence-electron chi connectivity index (χ0n) is 15.1. The van der Waals surface area contributed by atoms with Crippen LogP contribution in [0.4, 0.5) is 4.39 Å². The van der Waals surface area contributed by atoms with Gasteiger partial charge in [0.1, 0.15) is 5.82 Å². The molecule has 0 aliphatic carbocycles. The predicted molar refractivity (Wildman–Crippen MR) is 100 cm³/mol. The van der Waals surface area contributed by atoms with E-state index in [2.05, 4.69) is 9.80 Å². The summed E-state index contributed by atoms with van der Waals surface area (Å²) < 4.78 is 18.6. The highest BCUT2D eigenvalue weighted by atomic mass is 19.1. The normalized spacial score (nSPS) is 16.7. The van der Waals surface area contributed by atoms with Crippen LogP contribution in [0.2, 0.25) is 0 Å². The molecule has 0 spiro atoms. The molecule has 1 fully saturated rings. The minimum absolute atomic E-state index is 0.224. The van der Waals surface area contributed by atoms with Gasteiger partial charge >= 0.3 is 0 Å². The molecule has 1 atom stereocenters. The Morgan fingerprint density at radius 3 is 2.42 bits per heavy atom. The maximum atomic E-state index is 13.2. The van der Waals surface area contributed by atoms with Crippen molar-refractivity contribution >= 4 is 0 Å². The van der Waals surface area contributed by atoms with E-state index in [-0.39, 0.29) is 5.82 Å². The second-order valence-electron chi connectivity index (χ2n) is 6.74. The molecule has 1 saturated heterocycles. The average molecular weight is 358 g/mol. The smallest absolute Gasteiger partial charge is 0.123 e. The number of nitrogens with zero attached hydrogens (tertiary/aromatic N) is 2. The van der Waals surface area contributed by atoms with Crippen LogP contribution < -0.4 is 0 Å². The second kappa shape index (κ2) is 9.78. The van der Waals surface area contributed by atoms with Crippen molar-refractivity contribution < 1.29 is 14.2 Å². The number of hydrogen-bond acceptors (Lipinski definition) is 4. The van der Waals surface area contributed by atoms with Gasteiger partial charge in [-0.1, -0.05) is 42.5 Å². The quantitative estimate of drug-likeness (QED) is 0.787. The summed E-state index contributed by atoms with van der Waals surface area (Å²) in [4.78, 5) is 4.62. The van der Waals surface area contributed by atoms with E-state index in [1.807, 2.05) is 42.5 Å². The summed E-state index contributed by atoms with van der Waals surface area (Å²) >= 11 is 0. The Balaban J connectivity index is 1.62. The number of aliphatic hydroxyl groups is 1. The van der Waals surface area contributed by atoms with Gasteiger partial charge in [0.25, 0.3) is 0 Å². The summed E-state index contributed by atoms with van der Waals surface area (Å²) in [6.45, 7) is 6.49. The molecule has 0 amide bonds. The summed E-state index contributed by atoms with van der Waals surface area (Å²) in [6.07, 6.45) is -0.540. The highest BCUT2D eigenvalue weighted by molar-refractivity contribution is 5.18. The molecule has 0 aromatic heterocycles. The Labute approximate surface area is 154 Å². The minimum Gasteiger partial charge on any atom is -0.387 e. The van der Waals surface area contributed by atoms with Crippen molar-refractivity contribution in [2.24, 2.45) is 0 Å². The first-order valence-corrected chi connectivity index (χ1v) is 9.20. The van der Waals surface area contributed by atoms with Gasteiger partial charge in [-0.15, -0.1) is 0 Å². The molecule has 1 aliphatic rings. The molecule has 140 valence electrons. The van der Waals surface area contributed by atoms with E-state index in [9.17, 15) is 9.50 Å². The van der Waals surface area contributed by atoms with Gasteiger partial charge in [-0.05, 0) is 23.3 Å². The lowest BCUT2D eigenvalue weighted by atomic mass is 10.1. The average Bonchev–Trinajstić information content (AvgIpc) is 2.69. The number of morpholine rings is 1. The number of aliphatic hydroxyl groups excluding tert-OH is 1. The van der Waals surface area contributed by atoms with E-state index in [1.165, 1.54) is 12.1 Å². The monoisotopic (exact) mass is 358 g/mol. The molecule has 3 rings (SSSR count). The van der Waals surface area contributed by atoms with Gasteiger partial charge in [-0.2, -0.15) is 0 Å². The third kappa shape index (κ3) is 5.88. The van der Waals surface area contributed by atoms with Crippen LogP contribution in [-0.2, 0) is 11.3 Å². The predicted octanol–water partition coefficient (Wildman–Crippen LogP) is 2.69. The topological polar surface area (TPSA) is 35.9 Å². The van der Waals surface area contributed by atoms with Crippen LogP contribution in [0, 0.1) is 5.82 Å². The van der Waals surface area contributed by atoms with Crippen molar-refractivity contribution in [1.82, 2.24) is 9.80 Å². The van der Waals surface area contributed by atoms with E-state index < -0.39 is 6.10 Å². The molecule has 0 saturated carbocycles. The fourth-order valence-electron chi connectivity index (χ4n) is 3.22. The van der Waals surface area contributed by atoms with Crippen LogP contribution in [0.25, 0.3) is 0 Å². The highest BCUT2D eigenvalue weighted by Gasteiger charge is 2.16. The summed E-state index contributed by atoms with van der Waals surface area (Å²) in [7, 11) is 0. The molecular weight excluding hydrogens is 331 g/mol. The van der Waals surface area contributed by atoms with E-state index in [0.29, 0.717) is 13.1 Å². The van der Waals surface area contributed by atoms with Gasteiger partial charge in [-0.25, -0.2) is 4.39 Å². The van der Waals surface area contributed by atoms with Crippen LogP contribution in [0.15, 0.2) is 54.6 Å². The molecule has 5 heteroatoms. The van der Waals surface area contributed by atoms with Gasteiger partial charge in [0.2, 0.25) is 0 Å². The van der Waals surface area contributed by atoms with Crippen molar-refractivity contribution in [3.63, 3.8) is 0 Å². The molecule has 1 aliphatic heterocycles. The summed E-state index contributed by atoms with van der Waals surface area (Å²) in [6, 6.07) is 16.3. The zero-order chi connectivity index (χ0) is 18.2. The van der Waals surface area contributed by atoms with E-state index in [0.717, 1.165) is 50.5 Å². The number of rotatable bonds is 8. The van der Waals surface area contributed by atoms with Crippen LogP contribution in [0.1, 0.15) is 17.2 Å². The van der Waals surface area contributed by atoms with Crippen molar-refractivity contribution in [3.8, 4) is 0 Å². The zero-order valence-corrected chi connectivity index (χ0v) is 15.1. The van der Waals surface area contributed by atoms with Gasteiger partial charge in [0, 0.05) is 39.3 Å². The summed E-state index contributed by atoms with van der Waals surface area (Å²) in [5.74, 6) is -0.224. The van der Waals surface area contributed by atoms with E-state index in [4.69, 9.17) is 4.74 Å². The molecule has 1 heterocycles. The highest BCUT2D eigenvalue weighted by Crippen LogP contribution is 2.16. The third-order valence-corrected chi connectivity index (χ3v) is 4.77. The standard InChI is InChI=1S/C21H27FN2O2/c22-20-8-6-18(7-9-20)16-24(11-10-23-12-14-26-15-13-23)17-21(25)19-4-2-1-3-5-19/h1-9,21,25H,10-17H2. The van der Waals surface area contributed by atoms with Crippen molar-refractivity contribution in [2.75, 3.05) is 45.9 Å². The first-order valence-electron chi connectivity index (χ1n) is 9.20. The minimum atomic E-state index is -0.540.